The number of anilines is 1. The number of β-amino-alcohol motifs (C(OH)–C–C–N with tert-alkyl or cyclic N) is 1. The summed E-state index contributed by atoms with van der Waals surface area (Å²) in [4.78, 5) is 39.3. The Morgan fingerprint density at radius 1 is 1.09 bits per heavy atom. The van der Waals surface area contributed by atoms with Gasteiger partial charge in [-0.25, -0.2) is 4.79 Å². The van der Waals surface area contributed by atoms with Gasteiger partial charge in [-0.1, -0.05) is 0 Å². The predicted molar refractivity (Wildman–Crippen MR) is 121 cm³/mol. The number of ether oxygens (including phenoxy) is 1. The summed E-state index contributed by atoms with van der Waals surface area (Å²) in [5, 5.41) is 15.6. The molecule has 176 valence electrons. The normalized spacial score (nSPS) is 30.1. The molecule has 0 radical (unpaired) electrons. The van der Waals surface area contributed by atoms with Crippen LogP contribution in [0.2, 0.25) is 0 Å². The number of rotatable bonds is 7. The lowest BCUT2D eigenvalue weighted by atomic mass is 9.53. The molecular formula is C25H31N3O5. The van der Waals surface area contributed by atoms with E-state index in [-0.39, 0.29) is 48.3 Å². The Balaban J connectivity index is 1.28. The van der Waals surface area contributed by atoms with E-state index in [1.165, 1.54) is 31.3 Å². The molecule has 0 aromatic heterocycles. The Labute approximate surface area is 193 Å². The monoisotopic (exact) mass is 453 g/mol. The third-order valence-corrected chi connectivity index (χ3v) is 7.79. The molecule has 4 saturated carbocycles. The maximum atomic E-state index is 13.0. The zero-order valence-corrected chi connectivity index (χ0v) is 18.9. The van der Waals surface area contributed by atoms with Gasteiger partial charge in [0.25, 0.3) is 11.8 Å². The second-order valence-corrected chi connectivity index (χ2v) is 10.1. The maximum absolute atomic E-state index is 13.0. The third-order valence-electron chi connectivity index (χ3n) is 7.79. The summed E-state index contributed by atoms with van der Waals surface area (Å²) in [7, 11) is 1.27. The highest BCUT2D eigenvalue weighted by atomic mass is 16.5. The zero-order valence-electron chi connectivity index (χ0n) is 18.9. The molecule has 4 fully saturated rings. The van der Waals surface area contributed by atoms with E-state index in [9.17, 15) is 19.5 Å². The lowest BCUT2D eigenvalue weighted by Crippen LogP contribution is -2.59. The Hall–Kier alpha value is -2.87. The number of benzene rings is 1. The summed E-state index contributed by atoms with van der Waals surface area (Å²) in [6, 6.07) is 6.94. The van der Waals surface area contributed by atoms with Crippen LogP contribution in [-0.4, -0.2) is 60.1 Å². The van der Waals surface area contributed by atoms with Crippen LogP contribution in [0.5, 0.6) is 0 Å². The number of nitrogens with zero attached hydrogens (tertiary/aromatic N) is 1. The molecule has 0 unspecified atom stereocenters. The Bertz CT molecular complexity index is 965. The van der Waals surface area contributed by atoms with Crippen LogP contribution in [0.1, 0.15) is 48.9 Å². The molecule has 4 aliphatic carbocycles. The standard InChI is InChI=1S/C25H31N3O5/c1-33-24(32)20-14-28(6-7-29)23(31)21(20)26-19-4-2-18(3-5-19)22(30)27-25-11-15-8-16(12-25)10-17(9-15)13-25/h2-5,15-17,26,29H,6-14H2,1H3,(H,27,30). The molecule has 6 rings (SSSR count). The number of aliphatic hydroxyl groups excluding tert-OH is 1. The van der Waals surface area contributed by atoms with Gasteiger partial charge < -0.3 is 25.4 Å². The quantitative estimate of drug-likeness (QED) is 0.546. The van der Waals surface area contributed by atoms with Crippen molar-refractivity contribution in [2.45, 2.75) is 44.1 Å². The van der Waals surface area contributed by atoms with Gasteiger partial charge in [0.1, 0.15) is 5.70 Å². The van der Waals surface area contributed by atoms with Gasteiger partial charge in [-0.05, 0) is 80.5 Å². The van der Waals surface area contributed by atoms with Crippen molar-refractivity contribution in [1.82, 2.24) is 10.2 Å². The van der Waals surface area contributed by atoms with Crippen LogP contribution in [0.4, 0.5) is 5.69 Å². The first-order valence-electron chi connectivity index (χ1n) is 11.8. The molecule has 0 spiro atoms. The van der Waals surface area contributed by atoms with E-state index in [1.807, 2.05) is 0 Å². The average Bonchev–Trinajstić information content (AvgIpc) is 3.08. The van der Waals surface area contributed by atoms with Crippen LogP contribution in [0, 0.1) is 17.8 Å². The molecule has 1 heterocycles. The van der Waals surface area contributed by atoms with Crippen molar-refractivity contribution in [2.24, 2.45) is 17.8 Å². The highest BCUT2D eigenvalue weighted by molar-refractivity contribution is 6.08. The van der Waals surface area contributed by atoms with Crippen molar-refractivity contribution in [3.8, 4) is 0 Å². The smallest absolute Gasteiger partial charge is 0.337 e. The van der Waals surface area contributed by atoms with Gasteiger partial charge in [0, 0.05) is 23.3 Å². The summed E-state index contributed by atoms with van der Waals surface area (Å²) in [5.41, 5.74) is 1.49. The van der Waals surface area contributed by atoms with Crippen molar-refractivity contribution >= 4 is 23.5 Å². The van der Waals surface area contributed by atoms with Crippen molar-refractivity contribution in [1.29, 1.82) is 0 Å². The number of methoxy groups -OCH3 is 1. The first kappa shape index (κ1) is 21.9. The molecule has 1 aromatic rings. The van der Waals surface area contributed by atoms with Crippen molar-refractivity contribution in [2.75, 3.05) is 32.1 Å². The molecule has 1 aliphatic heterocycles. The first-order valence-corrected chi connectivity index (χ1v) is 11.8. The van der Waals surface area contributed by atoms with Crippen LogP contribution in [-0.2, 0) is 14.3 Å². The molecule has 3 N–H and O–H groups in total. The summed E-state index contributed by atoms with van der Waals surface area (Å²) in [5.74, 6) is 1.27. The van der Waals surface area contributed by atoms with E-state index >= 15 is 0 Å². The highest BCUT2D eigenvalue weighted by Gasteiger charge is 2.51. The topological polar surface area (TPSA) is 108 Å². The van der Waals surface area contributed by atoms with Crippen LogP contribution in [0.3, 0.4) is 0 Å². The molecule has 2 amide bonds. The van der Waals surface area contributed by atoms with E-state index in [2.05, 4.69) is 10.6 Å². The van der Waals surface area contributed by atoms with Gasteiger partial charge in [-0.2, -0.15) is 0 Å². The van der Waals surface area contributed by atoms with Gasteiger partial charge >= 0.3 is 5.97 Å². The van der Waals surface area contributed by atoms with Gasteiger partial charge in [0.05, 0.1) is 25.8 Å². The summed E-state index contributed by atoms with van der Waals surface area (Å²) >= 11 is 0. The minimum atomic E-state index is -0.585. The first-order chi connectivity index (χ1) is 15.9. The van der Waals surface area contributed by atoms with Crippen LogP contribution in [0.25, 0.3) is 0 Å². The minimum absolute atomic E-state index is 0.0462. The zero-order chi connectivity index (χ0) is 23.2. The number of aliphatic hydroxyl groups is 1. The largest absolute Gasteiger partial charge is 0.466 e. The van der Waals surface area contributed by atoms with E-state index in [1.54, 1.807) is 24.3 Å². The van der Waals surface area contributed by atoms with E-state index < -0.39 is 5.97 Å². The second-order valence-electron chi connectivity index (χ2n) is 10.1. The molecule has 5 aliphatic rings. The summed E-state index contributed by atoms with van der Waals surface area (Å²) in [6.45, 7) is 0.0227. The van der Waals surface area contributed by atoms with Crippen LogP contribution >= 0.6 is 0 Å². The van der Waals surface area contributed by atoms with Crippen molar-refractivity contribution in [3.05, 3.63) is 41.1 Å². The third kappa shape index (κ3) is 4.12. The molecule has 0 atom stereocenters. The number of esters is 1. The maximum Gasteiger partial charge on any atom is 0.337 e. The van der Waals surface area contributed by atoms with Crippen molar-refractivity contribution < 1.29 is 24.2 Å². The lowest BCUT2D eigenvalue weighted by molar-refractivity contribution is -0.136. The lowest BCUT2D eigenvalue weighted by Gasteiger charge is -2.56. The predicted octanol–water partition coefficient (Wildman–Crippen LogP) is 2.06. The Morgan fingerprint density at radius 2 is 1.70 bits per heavy atom. The van der Waals surface area contributed by atoms with Crippen molar-refractivity contribution in [3.63, 3.8) is 0 Å². The number of carbonyl (C=O) groups excluding carboxylic acids is 3. The molecule has 4 bridgehead atoms. The van der Waals surface area contributed by atoms with Gasteiger partial charge in [0.15, 0.2) is 0 Å². The Kier molecular flexibility index (Phi) is 5.64. The highest BCUT2D eigenvalue weighted by Crippen LogP contribution is 2.55. The second kappa shape index (κ2) is 8.48. The molecule has 0 saturated heterocycles. The molecule has 33 heavy (non-hydrogen) atoms. The SMILES string of the molecule is COC(=O)C1=C(Nc2ccc(C(=O)NC34CC5CC(CC(C5)C3)C4)cc2)C(=O)N(CCO)C1. The fourth-order valence-corrected chi connectivity index (χ4v) is 6.77. The molecule has 1 aromatic carbocycles. The number of nitrogens with one attached hydrogen (secondary N) is 2. The average molecular weight is 454 g/mol. The van der Waals surface area contributed by atoms with Gasteiger partial charge in [0.2, 0.25) is 0 Å². The number of hydrogen-bond acceptors (Lipinski definition) is 6. The number of carbonyl (C=O) groups is 3. The Morgan fingerprint density at radius 3 is 2.24 bits per heavy atom. The van der Waals surface area contributed by atoms with E-state index in [0.717, 1.165) is 37.0 Å². The summed E-state index contributed by atoms with van der Waals surface area (Å²) in [6.07, 6.45) is 7.28. The molecule has 8 nitrogen and oxygen atoms in total. The van der Waals surface area contributed by atoms with E-state index in [0.29, 0.717) is 11.3 Å². The molecular weight excluding hydrogens is 422 g/mol. The van der Waals surface area contributed by atoms with E-state index in [4.69, 9.17) is 4.74 Å². The van der Waals surface area contributed by atoms with Gasteiger partial charge in [-0.3, -0.25) is 9.59 Å². The summed E-state index contributed by atoms with van der Waals surface area (Å²) < 4.78 is 4.81. The fraction of sp³-hybridized carbons (Fsp3) is 0.560. The number of hydrogen-bond donors (Lipinski definition) is 3. The van der Waals surface area contributed by atoms with Gasteiger partial charge in [-0.15, -0.1) is 0 Å². The fourth-order valence-electron chi connectivity index (χ4n) is 6.77. The van der Waals surface area contributed by atoms with Crippen LogP contribution in [0.15, 0.2) is 35.5 Å². The molecule has 8 heteroatoms. The minimum Gasteiger partial charge on any atom is -0.466 e. The van der Waals surface area contributed by atoms with Crippen LogP contribution < -0.4 is 10.6 Å². The number of amides is 2.